The van der Waals surface area contributed by atoms with Crippen LogP contribution in [-0.2, 0) is 4.74 Å². The molecule has 3 saturated heterocycles. The number of hydrogen-bond acceptors (Lipinski definition) is 6. The summed E-state index contributed by atoms with van der Waals surface area (Å²) in [6, 6.07) is 12.2. The van der Waals surface area contributed by atoms with Crippen LogP contribution >= 0.6 is 11.3 Å². The monoisotopic (exact) mass is 435 g/mol. The summed E-state index contributed by atoms with van der Waals surface area (Å²) in [7, 11) is 0. The van der Waals surface area contributed by atoms with Gasteiger partial charge in [0.25, 0.3) is 5.91 Å². The Morgan fingerprint density at radius 1 is 1.29 bits per heavy atom. The summed E-state index contributed by atoms with van der Waals surface area (Å²) >= 11 is 1.53. The highest BCUT2D eigenvalue weighted by Gasteiger charge is 2.63. The van der Waals surface area contributed by atoms with Crippen LogP contribution in [0.1, 0.15) is 15.9 Å². The van der Waals surface area contributed by atoms with Gasteiger partial charge in [-0.25, -0.2) is 4.98 Å². The number of rotatable bonds is 3. The minimum atomic E-state index is -0.455. The van der Waals surface area contributed by atoms with Crippen LogP contribution in [0.25, 0.3) is 10.9 Å². The van der Waals surface area contributed by atoms with E-state index in [2.05, 4.69) is 30.0 Å². The number of fused-ring (bicyclic) bond motifs is 2. The Bertz CT molecular complexity index is 1150. The number of carbonyl (C=O) groups excluding carboxylic acids is 1. The Hall–Kier alpha value is -2.48. The second kappa shape index (κ2) is 7.02. The zero-order chi connectivity index (χ0) is 21.2. The minimum absolute atomic E-state index is 0.0341. The molecule has 160 valence electrons. The summed E-state index contributed by atoms with van der Waals surface area (Å²) in [5.74, 6) is 1.17. The molecule has 6 rings (SSSR count). The highest BCUT2D eigenvalue weighted by Crippen LogP contribution is 2.50. The van der Waals surface area contributed by atoms with Crippen molar-refractivity contribution < 1.29 is 14.6 Å². The average molecular weight is 436 g/mol. The number of anilines is 1. The number of pyridine rings is 1. The van der Waals surface area contributed by atoms with Crippen molar-refractivity contribution in [3.05, 3.63) is 58.3 Å². The molecule has 0 radical (unpaired) electrons. The molecule has 1 amide bonds. The van der Waals surface area contributed by atoms with Gasteiger partial charge in [0, 0.05) is 42.3 Å². The number of carbonyl (C=O) groups is 1. The highest BCUT2D eigenvalue weighted by atomic mass is 32.1. The third kappa shape index (κ3) is 2.91. The standard InChI is InChI=1S/C24H25N3O3S/c1-15-8-22(25-20-5-3-2-4-17(15)20)26-10-21-18(11-28)19-9-27(14-24(19,13-26)30-21)23(29)16-6-7-31-12-16/h2-8,12,18-19,21,28H,9-11,13-14H2,1H3/t18-,19+,21+,24+/m0/s1. The molecule has 1 N–H and O–H groups in total. The van der Waals surface area contributed by atoms with E-state index in [9.17, 15) is 9.90 Å². The number of ether oxygens (including phenoxy) is 1. The molecule has 0 saturated carbocycles. The van der Waals surface area contributed by atoms with Crippen molar-refractivity contribution in [3.63, 3.8) is 0 Å². The fourth-order valence-electron chi connectivity index (χ4n) is 5.83. The van der Waals surface area contributed by atoms with E-state index in [-0.39, 0.29) is 30.5 Å². The molecule has 5 heterocycles. The smallest absolute Gasteiger partial charge is 0.254 e. The lowest BCUT2D eigenvalue weighted by molar-refractivity contribution is -0.0626. The number of aryl methyl sites for hydroxylation is 1. The largest absolute Gasteiger partial charge is 0.396 e. The summed E-state index contributed by atoms with van der Waals surface area (Å²) in [4.78, 5) is 22.2. The summed E-state index contributed by atoms with van der Waals surface area (Å²) < 4.78 is 6.56. The minimum Gasteiger partial charge on any atom is -0.396 e. The Balaban J connectivity index is 1.34. The number of aliphatic hydroxyl groups is 1. The van der Waals surface area contributed by atoms with Crippen molar-refractivity contribution in [2.75, 3.05) is 37.7 Å². The molecule has 7 heteroatoms. The summed E-state index contributed by atoms with van der Waals surface area (Å²) in [6.45, 7) is 4.79. The molecule has 2 bridgehead atoms. The zero-order valence-electron chi connectivity index (χ0n) is 17.4. The summed E-state index contributed by atoms with van der Waals surface area (Å²) in [5, 5.41) is 15.2. The number of amides is 1. The van der Waals surface area contributed by atoms with Gasteiger partial charge in [-0.1, -0.05) is 18.2 Å². The molecule has 31 heavy (non-hydrogen) atoms. The van der Waals surface area contributed by atoms with Gasteiger partial charge in [0.2, 0.25) is 0 Å². The number of nitrogens with zero attached hydrogens (tertiary/aromatic N) is 3. The van der Waals surface area contributed by atoms with Crippen molar-refractivity contribution in [1.29, 1.82) is 0 Å². The molecule has 4 atom stereocenters. The lowest BCUT2D eigenvalue weighted by Crippen LogP contribution is -2.54. The van der Waals surface area contributed by atoms with Crippen LogP contribution in [0, 0.1) is 18.8 Å². The van der Waals surface area contributed by atoms with Crippen molar-refractivity contribution in [2.45, 2.75) is 18.6 Å². The maximum absolute atomic E-state index is 13.0. The van der Waals surface area contributed by atoms with Crippen molar-refractivity contribution >= 4 is 34.0 Å². The van der Waals surface area contributed by atoms with E-state index < -0.39 is 5.60 Å². The van der Waals surface area contributed by atoms with Crippen LogP contribution < -0.4 is 4.90 Å². The molecule has 0 aliphatic carbocycles. The first-order valence-electron chi connectivity index (χ1n) is 10.8. The Labute approximate surface area is 185 Å². The second-order valence-corrected chi connectivity index (χ2v) is 9.85. The topological polar surface area (TPSA) is 65.9 Å². The first-order chi connectivity index (χ1) is 15.1. The molecule has 3 aliphatic heterocycles. The van der Waals surface area contributed by atoms with Gasteiger partial charge in [0.15, 0.2) is 0 Å². The average Bonchev–Trinajstić information content (AvgIpc) is 3.47. The number of aliphatic hydroxyl groups excluding tert-OH is 1. The molecule has 6 nitrogen and oxygen atoms in total. The molecule has 3 aliphatic rings. The van der Waals surface area contributed by atoms with E-state index in [1.54, 1.807) is 0 Å². The first kappa shape index (κ1) is 19.2. The van der Waals surface area contributed by atoms with Gasteiger partial charge in [-0.2, -0.15) is 11.3 Å². The summed E-state index contributed by atoms with van der Waals surface area (Å²) in [6.07, 6.45) is -0.0456. The summed E-state index contributed by atoms with van der Waals surface area (Å²) in [5.41, 5.74) is 2.47. The number of morpholine rings is 1. The van der Waals surface area contributed by atoms with Gasteiger partial charge in [0.1, 0.15) is 11.4 Å². The van der Waals surface area contributed by atoms with Gasteiger partial charge >= 0.3 is 0 Å². The molecule has 0 unspecified atom stereocenters. The lowest BCUT2D eigenvalue weighted by atomic mass is 9.83. The van der Waals surface area contributed by atoms with Crippen molar-refractivity contribution in [2.24, 2.45) is 11.8 Å². The third-order valence-electron chi connectivity index (χ3n) is 7.29. The maximum Gasteiger partial charge on any atom is 0.254 e. The van der Waals surface area contributed by atoms with Gasteiger partial charge in [-0.05, 0) is 36.1 Å². The lowest BCUT2D eigenvalue weighted by Gasteiger charge is -2.41. The SMILES string of the molecule is Cc1cc(N2C[C@H]3O[C@@]4(CN(C(=O)c5ccsc5)C[C@@H]4[C@@H]3CO)C2)nc2ccccc12. The van der Waals surface area contributed by atoms with Crippen molar-refractivity contribution in [3.8, 4) is 0 Å². The number of benzene rings is 1. The maximum atomic E-state index is 13.0. The number of likely N-dealkylation sites (tertiary alicyclic amines) is 1. The molecule has 1 spiro atoms. The predicted octanol–water partition coefficient (Wildman–Crippen LogP) is 2.94. The Kier molecular flexibility index (Phi) is 4.35. The molecule has 3 fully saturated rings. The third-order valence-corrected chi connectivity index (χ3v) is 7.97. The van der Waals surface area contributed by atoms with E-state index in [0.717, 1.165) is 16.9 Å². The number of para-hydroxylation sites is 1. The fraction of sp³-hybridized carbons (Fsp3) is 0.417. The van der Waals surface area contributed by atoms with Crippen LogP contribution in [0.4, 0.5) is 5.82 Å². The van der Waals surface area contributed by atoms with Gasteiger partial charge < -0.3 is 19.6 Å². The zero-order valence-corrected chi connectivity index (χ0v) is 18.2. The fourth-order valence-corrected chi connectivity index (χ4v) is 6.46. The van der Waals surface area contributed by atoms with Gasteiger partial charge in [-0.15, -0.1) is 0 Å². The molecule has 2 aromatic heterocycles. The van der Waals surface area contributed by atoms with E-state index >= 15 is 0 Å². The quantitative estimate of drug-likeness (QED) is 0.685. The van der Waals surface area contributed by atoms with E-state index in [0.29, 0.717) is 26.2 Å². The van der Waals surface area contributed by atoms with E-state index in [1.807, 2.05) is 33.9 Å². The molecule has 3 aromatic rings. The molecular weight excluding hydrogens is 410 g/mol. The first-order valence-corrected chi connectivity index (χ1v) is 11.7. The van der Waals surface area contributed by atoms with Crippen LogP contribution in [0.15, 0.2) is 47.2 Å². The van der Waals surface area contributed by atoms with E-state index in [1.165, 1.54) is 22.3 Å². The molecule has 1 aromatic carbocycles. The predicted molar refractivity (Wildman–Crippen MR) is 121 cm³/mol. The van der Waals surface area contributed by atoms with Gasteiger partial charge in [0.05, 0.1) is 30.3 Å². The van der Waals surface area contributed by atoms with Crippen LogP contribution in [0.2, 0.25) is 0 Å². The van der Waals surface area contributed by atoms with Crippen LogP contribution in [0.3, 0.4) is 0 Å². The van der Waals surface area contributed by atoms with E-state index in [4.69, 9.17) is 9.72 Å². The Morgan fingerprint density at radius 3 is 2.97 bits per heavy atom. The van der Waals surface area contributed by atoms with Crippen LogP contribution in [0.5, 0.6) is 0 Å². The van der Waals surface area contributed by atoms with Gasteiger partial charge in [-0.3, -0.25) is 4.79 Å². The number of thiophene rings is 1. The number of aromatic nitrogens is 1. The van der Waals surface area contributed by atoms with Crippen LogP contribution in [-0.4, -0.2) is 65.4 Å². The molecular formula is C24H25N3O3S. The number of hydrogen-bond donors (Lipinski definition) is 1. The van der Waals surface area contributed by atoms with Crippen molar-refractivity contribution in [1.82, 2.24) is 9.88 Å². The second-order valence-electron chi connectivity index (χ2n) is 9.07. The highest BCUT2D eigenvalue weighted by molar-refractivity contribution is 7.08. The Morgan fingerprint density at radius 2 is 2.16 bits per heavy atom. The normalized spacial score (nSPS) is 29.5.